The Morgan fingerprint density at radius 2 is 1.94 bits per heavy atom. The van der Waals surface area contributed by atoms with Gasteiger partial charge in [-0.15, -0.1) is 0 Å². The molecule has 0 aliphatic carbocycles. The van der Waals surface area contributed by atoms with E-state index in [0.717, 1.165) is 13.1 Å². The van der Waals surface area contributed by atoms with Crippen molar-refractivity contribution < 1.29 is 0 Å². The second-order valence-corrected chi connectivity index (χ2v) is 4.76. The van der Waals surface area contributed by atoms with E-state index >= 15 is 0 Å². The number of likely N-dealkylation sites (N-methyl/N-ethyl adjacent to an activating group) is 1. The minimum absolute atomic E-state index is 0.313. The van der Waals surface area contributed by atoms with Crippen LogP contribution in [0.4, 0.5) is 0 Å². The van der Waals surface area contributed by atoms with E-state index in [-0.39, 0.29) is 0 Å². The standard InChI is InChI=1S/C15H21N3/c1-4-16-15(11-18-7-5-6-17-18)14-9-12(2)8-13(3)10-14/h5-10,15-16H,4,11H2,1-3H3. The molecule has 1 unspecified atom stereocenters. The lowest BCUT2D eigenvalue weighted by Gasteiger charge is -2.19. The topological polar surface area (TPSA) is 29.9 Å². The highest BCUT2D eigenvalue weighted by Crippen LogP contribution is 2.18. The molecule has 1 heterocycles. The van der Waals surface area contributed by atoms with Crippen molar-refractivity contribution in [2.24, 2.45) is 0 Å². The van der Waals surface area contributed by atoms with E-state index < -0.39 is 0 Å². The van der Waals surface area contributed by atoms with Crippen LogP contribution in [0.15, 0.2) is 36.7 Å². The summed E-state index contributed by atoms with van der Waals surface area (Å²) in [5.74, 6) is 0. The minimum Gasteiger partial charge on any atom is -0.309 e. The first-order valence-electron chi connectivity index (χ1n) is 6.48. The lowest BCUT2D eigenvalue weighted by molar-refractivity contribution is 0.448. The van der Waals surface area contributed by atoms with Crippen LogP contribution in [0.1, 0.15) is 29.7 Å². The Bertz CT molecular complexity index is 468. The largest absolute Gasteiger partial charge is 0.309 e. The van der Waals surface area contributed by atoms with Crippen LogP contribution in [-0.4, -0.2) is 16.3 Å². The van der Waals surface area contributed by atoms with Gasteiger partial charge in [-0.05, 0) is 32.0 Å². The van der Waals surface area contributed by atoms with Crippen molar-refractivity contribution in [1.82, 2.24) is 15.1 Å². The van der Waals surface area contributed by atoms with Gasteiger partial charge in [0.15, 0.2) is 0 Å². The molecule has 0 fully saturated rings. The van der Waals surface area contributed by atoms with Crippen molar-refractivity contribution in [3.05, 3.63) is 53.3 Å². The van der Waals surface area contributed by atoms with E-state index in [2.05, 4.69) is 49.4 Å². The molecule has 0 spiro atoms. The first-order valence-corrected chi connectivity index (χ1v) is 6.48. The lowest BCUT2D eigenvalue weighted by Crippen LogP contribution is -2.25. The molecule has 0 aliphatic rings. The number of benzene rings is 1. The number of hydrogen-bond donors (Lipinski definition) is 1. The minimum atomic E-state index is 0.313. The summed E-state index contributed by atoms with van der Waals surface area (Å²) in [6.07, 6.45) is 3.83. The van der Waals surface area contributed by atoms with Gasteiger partial charge in [0, 0.05) is 12.4 Å². The first kappa shape index (κ1) is 12.8. The molecule has 0 aliphatic heterocycles. The van der Waals surface area contributed by atoms with Gasteiger partial charge in [-0.2, -0.15) is 5.10 Å². The van der Waals surface area contributed by atoms with Crippen molar-refractivity contribution in [2.75, 3.05) is 6.54 Å². The summed E-state index contributed by atoms with van der Waals surface area (Å²) in [5, 5.41) is 7.82. The van der Waals surface area contributed by atoms with Gasteiger partial charge in [0.2, 0.25) is 0 Å². The maximum atomic E-state index is 4.29. The molecule has 0 radical (unpaired) electrons. The quantitative estimate of drug-likeness (QED) is 0.875. The van der Waals surface area contributed by atoms with Gasteiger partial charge in [-0.3, -0.25) is 4.68 Å². The highest BCUT2D eigenvalue weighted by Gasteiger charge is 2.11. The molecule has 2 aromatic rings. The number of nitrogens with one attached hydrogen (secondary N) is 1. The van der Waals surface area contributed by atoms with Gasteiger partial charge in [-0.25, -0.2) is 0 Å². The fourth-order valence-corrected chi connectivity index (χ4v) is 2.34. The molecule has 3 heteroatoms. The highest BCUT2D eigenvalue weighted by molar-refractivity contribution is 5.30. The normalized spacial score (nSPS) is 12.6. The first-order chi connectivity index (χ1) is 8.69. The van der Waals surface area contributed by atoms with Gasteiger partial charge >= 0.3 is 0 Å². The zero-order valence-electron chi connectivity index (χ0n) is 11.4. The lowest BCUT2D eigenvalue weighted by atomic mass is 10.0. The van der Waals surface area contributed by atoms with Gasteiger partial charge < -0.3 is 5.32 Å². The zero-order chi connectivity index (χ0) is 13.0. The van der Waals surface area contributed by atoms with Gasteiger partial charge in [-0.1, -0.05) is 36.2 Å². The molecule has 96 valence electrons. The second kappa shape index (κ2) is 5.83. The molecule has 0 amide bonds. The van der Waals surface area contributed by atoms with Gasteiger partial charge in [0.1, 0.15) is 0 Å². The summed E-state index contributed by atoms with van der Waals surface area (Å²) in [7, 11) is 0. The Hall–Kier alpha value is -1.61. The molecule has 1 N–H and O–H groups in total. The highest BCUT2D eigenvalue weighted by atomic mass is 15.3. The van der Waals surface area contributed by atoms with E-state index in [4.69, 9.17) is 0 Å². The third-order valence-electron chi connectivity index (χ3n) is 3.03. The van der Waals surface area contributed by atoms with E-state index in [9.17, 15) is 0 Å². The van der Waals surface area contributed by atoms with Crippen LogP contribution in [0.5, 0.6) is 0 Å². The fraction of sp³-hybridized carbons (Fsp3) is 0.400. The molecule has 18 heavy (non-hydrogen) atoms. The smallest absolute Gasteiger partial charge is 0.0604 e. The average Bonchev–Trinajstić information content (AvgIpc) is 2.80. The molecule has 1 aromatic carbocycles. The number of nitrogens with zero attached hydrogens (tertiary/aromatic N) is 2. The molecule has 0 saturated heterocycles. The summed E-state index contributed by atoms with van der Waals surface area (Å²) < 4.78 is 1.98. The predicted octanol–water partition coefficient (Wildman–Crippen LogP) is 2.85. The van der Waals surface area contributed by atoms with Crippen LogP contribution in [0.25, 0.3) is 0 Å². The van der Waals surface area contributed by atoms with Crippen molar-refractivity contribution in [2.45, 2.75) is 33.4 Å². The van der Waals surface area contributed by atoms with Crippen LogP contribution >= 0.6 is 0 Å². The van der Waals surface area contributed by atoms with Crippen molar-refractivity contribution >= 4 is 0 Å². The summed E-state index contributed by atoms with van der Waals surface area (Å²) in [5.41, 5.74) is 3.96. The zero-order valence-corrected chi connectivity index (χ0v) is 11.4. The monoisotopic (exact) mass is 243 g/mol. The van der Waals surface area contributed by atoms with Crippen LogP contribution in [0.3, 0.4) is 0 Å². The molecular formula is C15H21N3. The van der Waals surface area contributed by atoms with E-state index in [1.807, 2.05) is 23.1 Å². The maximum absolute atomic E-state index is 4.29. The summed E-state index contributed by atoms with van der Waals surface area (Å²) in [6.45, 7) is 8.25. The van der Waals surface area contributed by atoms with Gasteiger partial charge in [0.25, 0.3) is 0 Å². The number of rotatable bonds is 5. The van der Waals surface area contributed by atoms with Gasteiger partial charge in [0.05, 0.1) is 12.6 Å². The van der Waals surface area contributed by atoms with Crippen LogP contribution in [0, 0.1) is 13.8 Å². The summed E-state index contributed by atoms with van der Waals surface area (Å²) in [4.78, 5) is 0. The number of aromatic nitrogens is 2. The summed E-state index contributed by atoms with van der Waals surface area (Å²) >= 11 is 0. The summed E-state index contributed by atoms with van der Waals surface area (Å²) in [6, 6.07) is 8.99. The van der Waals surface area contributed by atoms with Crippen molar-refractivity contribution in [3.8, 4) is 0 Å². The molecule has 0 saturated carbocycles. The van der Waals surface area contributed by atoms with Crippen molar-refractivity contribution in [1.29, 1.82) is 0 Å². The molecule has 2 rings (SSSR count). The third-order valence-corrected chi connectivity index (χ3v) is 3.03. The molecule has 3 nitrogen and oxygen atoms in total. The van der Waals surface area contributed by atoms with Crippen LogP contribution in [0.2, 0.25) is 0 Å². The Balaban J connectivity index is 2.23. The predicted molar refractivity (Wildman–Crippen MR) is 74.6 cm³/mol. The Morgan fingerprint density at radius 1 is 1.22 bits per heavy atom. The average molecular weight is 243 g/mol. The van der Waals surface area contributed by atoms with Crippen LogP contribution < -0.4 is 5.32 Å². The number of hydrogen-bond acceptors (Lipinski definition) is 2. The molecule has 1 atom stereocenters. The fourth-order valence-electron chi connectivity index (χ4n) is 2.34. The molecular weight excluding hydrogens is 222 g/mol. The molecule has 1 aromatic heterocycles. The third kappa shape index (κ3) is 3.20. The second-order valence-electron chi connectivity index (χ2n) is 4.76. The Kier molecular flexibility index (Phi) is 4.15. The van der Waals surface area contributed by atoms with E-state index in [1.165, 1.54) is 16.7 Å². The van der Waals surface area contributed by atoms with Crippen molar-refractivity contribution in [3.63, 3.8) is 0 Å². The van der Waals surface area contributed by atoms with E-state index in [0.29, 0.717) is 6.04 Å². The molecule has 0 bridgehead atoms. The maximum Gasteiger partial charge on any atom is 0.0604 e. The van der Waals surface area contributed by atoms with E-state index in [1.54, 1.807) is 0 Å². The SMILES string of the molecule is CCNC(Cn1cccn1)c1cc(C)cc(C)c1. The van der Waals surface area contributed by atoms with Crippen LogP contribution in [-0.2, 0) is 6.54 Å². The Labute approximate surface area is 109 Å². The number of aryl methyl sites for hydroxylation is 2. The Morgan fingerprint density at radius 3 is 2.50 bits per heavy atom.